The van der Waals surface area contributed by atoms with Gasteiger partial charge in [-0.1, -0.05) is 42.6 Å². The molecule has 2 saturated heterocycles. The molecular weight excluding hydrogens is 666 g/mol. The number of sulfonamides is 2. The molecule has 3 aromatic carbocycles. The maximum atomic E-state index is 12.9. The number of esters is 1. The number of hydrogen-bond donors (Lipinski definition) is 2. The van der Waals surface area contributed by atoms with Gasteiger partial charge in [-0.2, -0.15) is 8.61 Å². The smallest absolute Gasteiger partial charge is 0.337 e. The maximum absolute atomic E-state index is 12.9. The van der Waals surface area contributed by atoms with Gasteiger partial charge in [-0.15, -0.1) is 10.2 Å². The molecule has 12 nitrogen and oxygen atoms in total. The summed E-state index contributed by atoms with van der Waals surface area (Å²) in [6, 6.07) is 17.2. The molecule has 0 saturated carbocycles. The van der Waals surface area contributed by atoms with Crippen molar-refractivity contribution >= 4 is 37.6 Å². The lowest BCUT2D eigenvalue weighted by molar-refractivity contribution is 0.0600. The third-order valence-corrected chi connectivity index (χ3v) is 12.0. The first-order chi connectivity index (χ1) is 22.5. The molecule has 0 spiro atoms. The number of aromatic nitrogens is 3. The lowest BCUT2D eigenvalue weighted by Crippen LogP contribution is -2.35. The summed E-state index contributed by atoms with van der Waals surface area (Å²) in [6.45, 7) is 2.19. The molecule has 0 bridgehead atoms. The van der Waals surface area contributed by atoms with Crippen molar-refractivity contribution in [1.29, 1.82) is 0 Å². The Morgan fingerprint density at radius 1 is 0.766 bits per heavy atom. The van der Waals surface area contributed by atoms with E-state index in [4.69, 9.17) is 11.6 Å². The monoisotopic (exact) mass is 701 g/mol. The maximum Gasteiger partial charge on any atom is 0.337 e. The Morgan fingerprint density at radius 2 is 1.32 bits per heavy atom. The number of nitrogens with zero attached hydrogens (tertiary/aromatic N) is 4. The Balaban J connectivity index is 0.000000199. The summed E-state index contributed by atoms with van der Waals surface area (Å²) in [4.78, 5) is 14.8. The van der Waals surface area contributed by atoms with Crippen LogP contribution in [-0.2, 0) is 24.8 Å². The molecule has 2 N–H and O–H groups in total. The number of halogens is 1. The summed E-state index contributed by atoms with van der Waals surface area (Å²) in [7, 11) is -5.77. The number of methoxy groups -OCH3 is 1. The van der Waals surface area contributed by atoms with Crippen LogP contribution in [0.1, 0.15) is 48.9 Å². The van der Waals surface area contributed by atoms with Crippen LogP contribution in [0.4, 0.5) is 0 Å². The van der Waals surface area contributed by atoms with E-state index < -0.39 is 26.0 Å². The number of aromatic hydroxyl groups is 1. The second kappa shape index (κ2) is 14.9. The Morgan fingerprint density at radius 3 is 1.91 bits per heavy atom. The zero-order valence-electron chi connectivity index (χ0n) is 25.8. The number of hydrogen-bond acceptors (Lipinski definition) is 9. The van der Waals surface area contributed by atoms with Gasteiger partial charge in [-0.05, 0) is 74.2 Å². The lowest BCUT2D eigenvalue weighted by Gasteiger charge is -2.25. The summed E-state index contributed by atoms with van der Waals surface area (Å²) in [5, 5.41) is 18.7. The van der Waals surface area contributed by atoms with Gasteiger partial charge in [0.2, 0.25) is 20.0 Å². The second-order valence-electron chi connectivity index (χ2n) is 11.2. The van der Waals surface area contributed by atoms with Gasteiger partial charge in [-0.25, -0.2) is 21.6 Å². The Bertz CT molecular complexity index is 1940. The van der Waals surface area contributed by atoms with Gasteiger partial charge in [0.1, 0.15) is 5.75 Å². The Labute approximate surface area is 279 Å². The predicted octanol–water partition coefficient (Wildman–Crippen LogP) is 5.32. The molecule has 4 aromatic rings. The molecule has 0 radical (unpaired) electrons. The largest absolute Gasteiger partial charge is 0.507 e. The van der Waals surface area contributed by atoms with Gasteiger partial charge in [0.05, 0.1) is 28.0 Å². The lowest BCUT2D eigenvalue weighted by atomic mass is 10.2. The highest BCUT2D eigenvalue weighted by atomic mass is 35.5. The fraction of sp³-hybridized carbons (Fsp3) is 0.344. The van der Waals surface area contributed by atoms with E-state index in [1.54, 1.807) is 48.5 Å². The van der Waals surface area contributed by atoms with E-state index in [1.165, 1.54) is 33.9 Å². The zero-order chi connectivity index (χ0) is 33.6. The molecule has 2 aliphatic rings. The topological polar surface area (TPSA) is 163 Å². The summed E-state index contributed by atoms with van der Waals surface area (Å²) >= 11 is 5.99. The van der Waals surface area contributed by atoms with Crippen LogP contribution >= 0.6 is 11.6 Å². The van der Waals surface area contributed by atoms with Gasteiger partial charge in [0.15, 0.2) is 11.6 Å². The molecule has 0 atom stereocenters. The average Bonchev–Trinajstić information content (AvgIpc) is 3.60. The quantitative estimate of drug-likeness (QED) is 0.243. The number of aromatic amines is 1. The predicted molar refractivity (Wildman–Crippen MR) is 177 cm³/mol. The van der Waals surface area contributed by atoms with Crippen LogP contribution in [0.3, 0.4) is 0 Å². The first-order valence-corrected chi connectivity index (χ1v) is 18.5. The fourth-order valence-corrected chi connectivity index (χ4v) is 8.72. The van der Waals surface area contributed by atoms with Crippen LogP contribution in [0.2, 0.25) is 5.02 Å². The summed E-state index contributed by atoms with van der Waals surface area (Å²) < 4.78 is 58.3. The van der Waals surface area contributed by atoms with Gasteiger partial charge in [-0.3, -0.25) is 0 Å². The van der Waals surface area contributed by atoms with Crippen LogP contribution in [-0.4, -0.2) is 85.0 Å². The number of piperidine rings is 2. The van der Waals surface area contributed by atoms with E-state index in [2.05, 4.69) is 19.9 Å². The number of nitrogens with one attached hydrogen (secondary N) is 1. The number of H-pyrrole nitrogens is 1. The fourth-order valence-electron chi connectivity index (χ4n) is 5.43. The number of carbonyl (C=O) groups excluding carboxylic acids is 1. The van der Waals surface area contributed by atoms with Crippen molar-refractivity contribution in [2.75, 3.05) is 33.3 Å². The Hall–Kier alpha value is -3.82. The van der Waals surface area contributed by atoms with Crippen LogP contribution in [0.15, 0.2) is 76.5 Å². The van der Waals surface area contributed by atoms with E-state index in [-0.39, 0.29) is 21.1 Å². The summed E-state index contributed by atoms with van der Waals surface area (Å²) in [5.74, 6) is 0.244. The molecule has 15 heteroatoms. The molecule has 3 heterocycles. The molecule has 1 aromatic heterocycles. The minimum Gasteiger partial charge on any atom is -0.507 e. The van der Waals surface area contributed by atoms with Crippen molar-refractivity contribution in [2.45, 2.75) is 48.3 Å². The number of ether oxygens (including phenoxy) is 1. The van der Waals surface area contributed by atoms with Crippen LogP contribution < -0.4 is 0 Å². The van der Waals surface area contributed by atoms with Crippen molar-refractivity contribution in [3.05, 3.63) is 77.3 Å². The van der Waals surface area contributed by atoms with E-state index in [0.717, 1.165) is 38.5 Å². The highest BCUT2D eigenvalue weighted by Crippen LogP contribution is 2.31. The number of carbonyl (C=O) groups is 1. The zero-order valence-corrected chi connectivity index (χ0v) is 28.2. The van der Waals surface area contributed by atoms with Crippen molar-refractivity contribution in [1.82, 2.24) is 23.8 Å². The van der Waals surface area contributed by atoms with E-state index in [0.29, 0.717) is 54.0 Å². The van der Waals surface area contributed by atoms with Gasteiger partial charge >= 0.3 is 5.97 Å². The Kier molecular flexibility index (Phi) is 11.0. The standard InChI is InChI=1S/C19H19ClN4O3S.C13H17NO4S/c20-14-7-8-17(25)16(12-14)19-21-18(22-23-19)13-5-4-6-15(11-13)28(26,27)24-9-2-1-3-10-24;1-18-13(15)11-6-5-7-12(10-11)19(16,17)14-8-3-2-4-9-14/h4-8,11-12,25H,1-3,9-10H2,(H,21,22,23);5-7,10H,2-4,8-9H2,1H3. The number of phenols is 1. The average molecular weight is 702 g/mol. The van der Waals surface area contributed by atoms with Crippen molar-refractivity contribution < 1.29 is 31.5 Å². The highest BCUT2D eigenvalue weighted by Gasteiger charge is 2.27. The normalized spacial score (nSPS) is 16.2. The molecule has 2 aliphatic heterocycles. The first-order valence-electron chi connectivity index (χ1n) is 15.2. The molecule has 6 rings (SSSR count). The minimum atomic E-state index is -3.54. The SMILES string of the molecule is COC(=O)c1cccc(S(=O)(=O)N2CCCCC2)c1.O=S(=O)(c1cccc(-c2nnc(-c3cc(Cl)ccc3O)[nH]2)c1)N1CCCCC1. The van der Waals surface area contributed by atoms with Gasteiger partial charge in [0, 0.05) is 36.8 Å². The minimum absolute atomic E-state index is 0.0218. The third-order valence-electron chi connectivity index (χ3n) is 7.97. The number of phenolic OH excluding ortho intramolecular Hbond substituents is 1. The summed E-state index contributed by atoms with van der Waals surface area (Å²) in [5.41, 5.74) is 1.27. The van der Waals surface area contributed by atoms with E-state index >= 15 is 0 Å². The van der Waals surface area contributed by atoms with Gasteiger partial charge in [0.25, 0.3) is 0 Å². The summed E-state index contributed by atoms with van der Waals surface area (Å²) in [6.07, 6.45) is 5.66. The van der Waals surface area contributed by atoms with Crippen molar-refractivity contribution in [3.8, 4) is 28.5 Å². The van der Waals surface area contributed by atoms with Crippen molar-refractivity contribution in [3.63, 3.8) is 0 Å². The van der Waals surface area contributed by atoms with Crippen LogP contribution in [0.5, 0.6) is 5.75 Å². The van der Waals surface area contributed by atoms with Crippen molar-refractivity contribution in [2.24, 2.45) is 0 Å². The molecular formula is C32H36ClN5O7S2. The molecule has 250 valence electrons. The van der Waals surface area contributed by atoms with E-state index in [1.807, 2.05) is 0 Å². The third kappa shape index (κ3) is 8.01. The molecule has 0 unspecified atom stereocenters. The van der Waals surface area contributed by atoms with Gasteiger partial charge < -0.3 is 14.8 Å². The number of benzene rings is 3. The first kappa shape index (κ1) is 34.5. The van der Waals surface area contributed by atoms with E-state index in [9.17, 15) is 26.7 Å². The molecule has 47 heavy (non-hydrogen) atoms. The number of rotatable bonds is 7. The molecule has 2 fully saturated rings. The highest BCUT2D eigenvalue weighted by molar-refractivity contribution is 7.89. The molecule has 0 aliphatic carbocycles. The van der Waals surface area contributed by atoms with Crippen LogP contribution in [0, 0.1) is 0 Å². The second-order valence-corrected chi connectivity index (χ2v) is 15.5. The van der Waals surface area contributed by atoms with Crippen LogP contribution in [0.25, 0.3) is 22.8 Å². The molecule has 0 amide bonds.